The first-order valence-corrected chi connectivity index (χ1v) is 7.93. The van der Waals surface area contributed by atoms with E-state index in [0.29, 0.717) is 5.69 Å². The van der Waals surface area contributed by atoms with E-state index in [9.17, 15) is 18.0 Å². The summed E-state index contributed by atoms with van der Waals surface area (Å²) in [6, 6.07) is -0.526. The number of hydrogen-bond acceptors (Lipinski definition) is 5. The van der Waals surface area contributed by atoms with Crippen LogP contribution in [-0.2, 0) is 14.8 Å². The average molecular weight is 313 g/mol. The van der Waals surface area contributed by atoms with Crippen molar-refractivity contribution in [1.82, 2.24) is 25.1 Å². The Hall–Kier alpha value is -1.94. The Morgan fingerprint density at radius 3 is 2.43 bits per heavy atom. The van der Waals surface area contributed by atoms with Gasteiger partial charge in [-0.25, -0.2) is 13.2 Å². The Balaban J connectivity index is 1.79. The second kappa shape index (κ2) is 4.53. The van der Waals surface area contributed by atoms with Crippen LogP contribution in [0.5, 0.6) is 0 Å². The van der Waals surface area contributed by atoms with Crippen LogP contribution in [0, 0.1) is 6.92 Å². The summed E-state index contributed by atoms with van der Waals surface area (Å²) in [5, 5.41) is 11.1. The number of urea groups is 1. The van der Waals surface area contributed by atoms with Crippen molar-refractivity contribution in [1.29, 1.82) is 0 Å². The molecule has 1 aromatic rings. The number of carbonyl (C=O) groups is 2. The molecule has 0 bridgehead atoms. The molecule has 3 N–H and O–H groups in total. The number of nitrogens with zero attached hydrogens (tertiary/aromatic N) is 2. The fraction of sp³-hybridized carbons (Fsp3) is 0.545. The Labute approximate surface area is 121 Å². The number of nitrogens with one attached hydrogen (secondary N) is 3. The molecule has 3 heterocycles. The minimum atomic E-state index is -3.63. The van der Waals surface area contributed by atoms with Crippen molar-refractivity contribution >= 4 is 22.0 Å². The first-order valence-electron chi connectivity index (χ1n) is 6.49. The van der Waals surface area contributed by atoms with Crippen LogP contribution < -0.4 is 10.6 Å². The smallest absolute Gasteiger partial charge is 0.322 e. The van der Waals surface area contributed by atoms with Gasteiger partial charge in [0.1, 0.15) is 10.4 Å². The number of imide groups is 1. The van der Waals surface area contributed by atoms with Gasteiger partial charge >= 0.3 is 6.03 Å². The van der Waals surface area contributed by atoms with Gasteiger partial charge in [0, 0.05) is 13.1 Å². The first-order chi connectivity index (χ1) is 9.85. The highest BCUT2D eigenvalue weighted by Crippen LogP contribution is 2.29. The van der Waals surface area contributed by atoms with Gasteiger partial charge in [-0.3, -0.25) is 15.2 Å². The van der Waals surface area contributed by atoms with Crippen molar-refractivity contribution in [3.63, 3.8) is 0 Å². The summed E-state index contributed by atoms with van der Waals surface area (Å²) in [4.78, 5) is 23.2. The molecule has 0 radical (unpaired) electrons. The van der Waals surface area contributed by atoms with Gasteiger partial charge in [0.15, 0.2) is 0 Å². The number of rotatable bonds is 2. The summed E-state index contributed by atoms with van der Waals surface area (Å²) < 4.78 is 26.3. The largest absolute Gasteiger partial charge is 0.323 e. The van der Waals surface area contributed by atoms with E-state index in [1.54, 1.807) is 6.92 Å². The fourth-order valence-corrected chi connectivity index (χ4v) is 4.29. The lowest BCUT2D eigenvalue weighted by Gasteiger charge is -2.36. The molecule has 1 spiro atoms. The van der Waals surface area contributed by atoms with Crippen molar-refractivity contribution in [2.45, 2.75) is 30.2 Å². The van der Waals surface area contributed by atoms with Crippen LogP contribution in [0.15, 0.2) is 11.1 Å². The number of piperidine rings is 1. The molecule has 10 heteroatoms. The zero-order valence-corrected chi connectivity index (χ0v) is 12.2. The molecule has 2 aliphatic heterocycles. The average Bonchev–Trinajstić information content (AvgIpc) is 2.95. The molecule has 1 aromatic heterocycles. The molecule has 0 unspecified atom stereocenters. The number of aromatic amines is 1. The van der Waals surface area contributed by atoms with Crippen molar-refractivity contribution in [3.8, 4) is 0 Å². The van der Waals surface area contributed by atoms with Gasteiger partial charge in [0.25, 0.3) is 5.91 Å². The molecule has 3 rings (SSSR count). The van der Waals surface area contributed by atoms with Gasteiger partial charge in [-0.15, -0.1) is 0 Å². The molecule has 114 valence electrons. The monoisotopic (exact) mass is 313 g/mol. The summed E-state index contributed by atoms with van der Waals surface area (Å²) >= 11 is 0. The van der Waals surface area contributed by atoms with Crippen molar-refractivity contribution in [3.05, 3.63) is 11.9 Å². The number of amides is 3. The quantitative estimate of drug-likeness (QED) is 0.609. The lowest BCUT2D eigenvalue weighted by Crippen LogP contribution is -2.55. The normalized spacial score (nSPS) is 22.3. The number of H-pyrrole nitrogens is 1. The third-order valence-electron chi connectivity index (χ3n) is 3.99. The molecular weight excluding hydrogens is 298 g/mol. The van der Waals surface area contributed by atoms with Gasteiger partial charge in [-0.05, 0) is 19.8 Å². The van der Waals surface area contributed by atoms with E-state index in [2.05, 4.69) is 20.8 Å². The van der Waals surface area contributed by atoms with E-state index in [-0.39, 0.29) is 36.7 Å². The molecular formula is C11H15N5O4S. The zero-order valence-electron chi connectivity index (χ0n) is 11.3. The predicted octanol–water partition coefficient (Wildman–Crippen LogP) is -0.919. The maximum absolute atomic E-state index is 12.5. The number of hydrogen-bond donors (Lipinski definition) is 3. The van der Waals surface area contributed by atoms with Crippen LogP contribution in [-0.4, -0.2) is 53.5 Å². The number of aromatic nitrogens is 2. The molecule has 0 aliphatic carbocycles. The van der Waals surface area contributed by atoms with E-state index >= 15 is 0 Å². The van der Waals surface area contributed by atoms with Crippen LogP contribution in [0.25, 0.3) is 0 Å². The van der Waals surface area contributed by atoms with Gasteiger partial charge in [-0.2, -0.15) is 9.40 Å². The molecule has 21 heavy (non-hydrogen) atoms. The van der Waals surface area contributed by atoms with Gasteiger partial charge in [0.2, 0.25) is 10.0 Å². The standard InChI is InChI=1S/C11H15N5O4S/c1-7-8(6-12-15-7)21(19,20)16-4-2-11(3-5-16)9(17)13-10(18)14-11/h6H,2-5H2,1H3,(H,12,15)(H2,13,14,17,18). The van der Waals surface area contributed by atoms with Gasteiger partial charge in [-0.1, -0.05) is 0 Å². The van der Waals surface area contributed by atoms with E-state index in [1.807, 2.05) is 0 Å². The maximum Gasteiger partial charge on any atom is 0.322 e. The number of aryl methyl sites for hydroxylation is 1. The molecule has 2 aliphatic rings. The van der Waals surface area contributed by atoms with Crippen LogP contribution in [0.4, 0.5) is 4.79 Å². The van der Waals surface area contributed by atoms with Crippen LogP contribution in [0.2, 0.25) is 0 Å². The first kappa shape index (κ1) is 14.0. The lowest BCUT2D eigenvalue weighted by atomic mass is 9.89. The fourth-order valence-electron chi connectivity index (χ4n) is 2.73. The predicted molar refractivity (Wildman–Crippen MR) is 70.7 cm³/mol. The highest BCUT2D eigenvalue weighted by Gasteiger charge is 2.49. The van der Waals surface area contributed by atoms with Crippen LogP contribution in [0.3, 0.4) is 0 Å². The van der Waals surface area contributed by atoms with Crippen molar-refractivity contribution in [2.75, 3.05) is 13.1 Å². The topological polar surface area (TPSA) is 124 Å². The third kappa shape index (κ3) is 2.10. The van der Waals surface area contributed by atoms with Crippen molar-refractivity contribution in [2.24, 2.45) is 0 Å². The van der Waals surface area contributed by atoms with Gasteiger partial charge in [0.05, 0.1) is 11.9 Å². The third-order valence-corrected chi connectivity index (χ3v) is 6.00. The highest BCUT2D eigenvalue weighted by atomic mass is 32.2. The van der Waals surface area contributed by atoms with E-state index < -0.39 is 21.6 Å². The highest BCUT2D eigenvalue weighted by molar-refractivity contribution is 7.89. The Kier molecular flexibility index (Phi) is 3.02. The Morgan fingerprint density at radius 1 is 1.29 bits per heavy atom. The lowest BCUT2D eigenvalue weighted by molar-refractivity contribution is -0.125. The molecule has 0 atom stereocenters. The number of carbonyl (C=O) groups excluding carboxylic acids is 2. The summed E-state index contributed by atoms with van der Waals surface area (Å²) in [6.45, 7) is 1.97. The second-order valence-electron chi connectivity index (χ2n) is 5.25. The molecule has 2 saturated heterocycles. The Morgan fingerprint density at radius 2 is 1.95 bits per heavy atom. The van der Waals surface area contributed by atoms with Crippen molar-refractivity contribution < 1.29 is 18.0 Å². The maximum atomic E-state index is 12.5. The molecule has 2 fully saturated rings. The second-order valence-corrected chi connectivity index (χ2v) is 7.16. The molecule has 0 saturated carbocycles. The summed E-state index contributed by atoms with van der Waals surface area (Å²) in [5.41, 5.74) is -0.503. The van der Waals surface area contributed by atoms with E-state index in [0.717, 1.165) is 0 Å². The van der Waals surface area contributed by atoms with Crippen LogP contribution >= 0.6 is 0 Å². The number of sulfonamides is 1. The molecule has 0 aromatic carbocycles. The SMILES string of the molecule is Cc1[nH]ncc1S(=O)(=O)N1CCC2(CC1)NC(=O)NC2=O. The minimum absolute atomic E-state index is 0.137. The van der Waals surface area contributed by atoms with E-state index in [1.165, 1.54) is 10.5 Å². The minimum Gasteiger partial charge on any atom is -0.323 e. The summed E-state index contributed by atoms with van der Waals surface area (Å²) in [7, 11) is -3.63. The molecule has 3 amide bonds. The van der Waals surface area contributed by atoms with E-state index in [4.69, 9.17) is 0 Å². The molecule has 9 nitrogen and oxygen atoms in total. The summed E-state index contributed by atoms with van der Waals surface area (Å²) in [5.74, 6) is -0.385. The summed E-state index contributed by atoms with van der Waals surface area (Å²) in [6.07, 6.45) is 1.78. The van der Waals surface area contributed by atoms with Crippen LogP contribution in [0.1, 0.15) is 18.5 Å². The zero-order chi connectivity index (χ0) is 15.3. The van der Waals surface area contributed by atoms with Gasteiger partial charge < -0.3 is 5.32 Å². The Bertz CT molecular complexity index is 702.